The van der Waals surface area contributed by atoms with Crippen LogP contribution >= 0.6 is 11.8 Å². The van der Waals surface area contributed by atoms with Crippen LogP contribution in [0.2, 0.25) is 0 Å². The van der Waals surface area contributed by atoms with Crippen LogP contribution in [0.25, 0.3) is 11.0 Å². The van der Waals surface area contributed by atoms with Gasteiger partial charge in [0.15, 0.2) is 22.3 Å². The third-order valence-electron chi connectivity index (χ3n) is 5.45. The van der Waals surface area contributed by atoms with E-state index in [0.717, 1.165) is 47.3 Å². The Bertz CT molecular complexity index is 1150. The molecule has 0 aliphatic carbocycles. The molecular formula is C22H26N6O4S. The molecule has 1 N–H and O–H groups in total. The highest BCUT2D eigenvalue weighted by molar-refractivity contribution is 7.99. The lowest BCUT2D eigenvalue weighted by molar-refractivity contribution is 0.0951. The van der Waals surface area contributed by atoms with Crippen LogP contribution in [0.15, 0.2) is 29.6 Å². The van der Waals surface area contributed by atoms with E-state index < -0.39 is 0 Å². The Kier molecular flexibility index (Phi) is 6.49. The van der Waals surface area contributed by atoms with E-state index in [-0.39, 0.29) is 12.7 Å². The second-order valence-corrected chi connectivity index (χ2v) is 8.77. The Labute approximate surface area is 195 Å². The number of anilines is 1. The zero-order valence-corrected chi connectivity index (χ0v) is 19.3. The van der Waals surface area contributed by atoms with Crippen molar-refractivity contribution in [3.8, 4) is 11.5 Å². The molecular weight excluding hydrogens is 444 g/mol. The fourth-order valence-corrected chi connectivity index (χ4v) is 4.46. The number of benzene rings is 1. The quantitative estimate of drug-likeness (QED) is 0.392. The summed E-state index contributed by atoms with van der Waals surface area (Å²) in [6.07, 6.45) is 2.86. The molecule has 2 aliphatic rings. The predicted octanol–water partition coefficient (Wildman–Crippen LogP) is 2.32. The van der Waals surface area contributed by atoms with E-state index >= 15 is 0 Å². The number of hydrogen-bond acceptors (Lipinski definition) is 9. The molecule has 4 heterocycles. The number of nitrogens with one attached hydrogen (secondary N) is 1. The molecule has 0 atom stereocenters. The Morgan fingerprint density at radius 3 is 2.88 bits per heavy atom. The molecule has 174 valence electrons. The van der Waals surface area contributed by atoms with Crippen LogP contribution in [-0.2, 0) is 11.3 Å². The lowest BCUT2D eigenvalue weighted by Crippen LogP contribution is -2.37. The van der Waals surface area contributed by atoms with Crippen LogP contribution in [0.5, 0.6) is 11.5 Å². The van der Waals surface area contributed by atoms with Crippen LogP contribution in [0, 0.1) is 0 Å². The highest BCUT2D eigenvalue weighted by Gasteiger charge is 2.21. The summed E-state index contributed by atoms with van der Waals surface area (Å²) in [5, 5.41) is 9.16. The summed E-state index contributed by atoms with van der Waals surface area (Å²) in [6, 6.07) is 5.17. The van der Waals surface area contributed by atoms with Gasteiger partial charge in [-0.3, -0.25) is 4.79 Å². The topological polar surface area (TPSA) is 104 Å². The van der Waals surface area contributed by atoms with Crippen molar-refractivity contribution in [3.63, 3.8) is 0 Å². The summed E-state index contributed by atoms with van der Waals surface area (Å²) in [5.41, 5.74) is 1.31. The number of fused-ring (bicyclic) bond motifs is 2. The highest BCUT2D eigenvalue weighted by Crippen LogP contribution is 2.32. The standard InChI is InChI=1S/C22H26N6O4S/c1-2-11-33-22-25-19(27-7-9-30-10-8-27)16-13-24-28(20(16)26-22)6-5-23-21(29)15-3-4-17-18(12-15)32-14-31-17/h3-4,12-13H,2,5-11,14H2,1H3,(H,23,29). The van der Waals surface area contributed by atoms with E-state index in [0.29, 0.717) is 43.4 Å². The van der Waals surface area contributed by atoms with Crippen molar-refractivity contribution in [1.29, 1.82) is 0 Å². The van der Waals surface area contributed by atoms with E-state index in [1.807, 2.05) is 10.9 Å². The van der Waals surface area contributed by atoms with Crippen molar-refractivity contribution in [2.75, 3.05) is 50.3 Å². The number of carbonyl (C=O) groups excluding carboxylic acids is 1. The first kappa shape index (κ1) is 21.8. The molecule has 0 radical (unpaired) electrons. The first-order valence-corrected chi connectivity index (χ1v) is 12.1. The average molecular weight is 471 g/mol. The van der Waals surface area contributed by atoms with Gasteiger partial charge in [-0.15, -0.1) is 0 Å². The molecule has 33 heavy (non-hydrogen) atoms. The molecule has 11 heteroatoms. The minimum absolute atomic E-state index is 0.174. The molecule has 1 fully saturated rings. The fourth-order valence-electron chi connectivity index (χ4n) is 3.77. The van der Waals surface area contributed by atoms with Crippen LogP contribution in [0.1, 0.15) is 23.7 Å². The van der Waals surface area contributed by atoms with Gasteiger partial charge >= 0.3 is 0 Å². The second kappa shape index (κ2) is 9.84. The number of thioether (sulfide) groups is 1. The SMILES string of the molecule is CCCSc1nc(N2CCOCC2)c2cnn(CCNC(=O)c3ccc4c(c3)OCO4)c2n1. The molecule has 1 aromatic carbocycles. The van der Waals surface area contributed by atoms with Crippen molar-refractivity contribution >= 4 is 34.5 Å². The third kappa shape index (κ3) is 4.69. The number of hydrogen-bond donors (Lipinski definition) is 1. The molecule has 5 rings (SSSR count). The van der Waals surface area contributed by atoms with Crippen molar-refractivity contribution in [2.45, 2.75) is 25.0 Å². The Balaban J connectivity index is 1.32. The van der Waals surface area contributed by atoms with Gasteiger partial charge in [0.2, 0.25) is 6.79 Å². The van der Waals surface area contributed by atoms with Gasteiger partial charge in [-0.1, -0.05) is 18.7 Å². The monoisotopic (exact) mass is 470 g/mol. The molecule has 2 aromatic heterocycles. The number of morpholine rings is 1. The van der Waals surface area contributed by atoms with Gasteiger partial charge in [-0.2, -0.15) is 5.10 Å². The Hall–Kier alpha value is -3.05. The van der Waals surface area contributed by atoms with E-state index in [2.05, 4.69) is 22.2 Å². The predicted molar refractivity (Wildman–Crippen MR) is 124 cm³/mol. The smallest absolute Gasteiger partial charge is 0.251 e. The van der Waals surface area contributed by atoms with Gasteiger partial charge in [0.05, 0.1) is 31.3 Å². The maximum Gasteiger partial charge on any atom is 0.251 e. The van der Waals surface area contributed by atoms with E-state index in [9.17, 15) is 4.79 Å². The van der Waals surface area contributed by atoms with Crippen LogP contribution in [0.4, 0.5) is 5.82 Å². The first-order chi connectivity index (χ1) is 16.2. The molecule has 0 saturated carbocycles. The zero-order valence-electron chi connectivity index (χ0n) is 18.5. The van der Waals surface area contributed by atoms with Crippen molar-refractivity contribution < 1.29 is 19.0 Å². The molecule has 2 aliphatic heterocycles. The maximum absolute atomic E-state index is 12.6. The summed E-state index contributed by atoms with van der Waals surface area (Å²) in [4.78, 5) is 24.4. The van der Waals surface area contributed by atoms with Crippen molar-refractivity contribution in [3.05, 3.63) is 30.0 Å². The maximum atomic E-state index is 12.6. The molecule has 0 unspecified atom stereocenters. The van der Waals surface area contributed by atoms with E-state index in [1.165, 1.54) is 0 Å². The molecule has 1 amide bonds. The average Bonchev–Trinajstić information content (AvgIpc) is 3.49. The number of amides is 1. The summed E-state index contributed by atoms with van der Waals surface area (Å²) in [5.74, 6) is 2.92. The van der Waals surface area contributed by atoms with Crippen LogP contribution in [0.3, 0.4) is 0 Å². The normalized spacial score (nSPS) is 15.2. The van der Waals surface area contributed by atoms with Gasteiger partial charge in [-0.25, -0.2) is 14.6 Å². The van der Waals surface area contributed by atoms with Gasteiger partial charge < -0.3 is 24.4 Å². The molecule has 1 saturated heterocycles. The second-order valence-electron chi connectivity index (χ2n) is 7.71. The molecule has 0 bridgehead atoms. The van der Waals surface area contributed by atoms with Crippen LogP contribution < -0.4 is 19.7 Å². The van der Waals surface area contributed by atoms with E-state index in [1.54, 1.807) is 30.0 Å². The third-order valence-corrected chi connectivity index (χ3v) is 6.50. The Morgan fingerprint density at radius 1 is 1.18 bits per heavy atom. The molecule has 3 aromatic rings. The van der Waals surface area contributed by atoms with E-state index in [4.69, 9.17) is 24.2 Å². The summed E-state index contributed by atoms with van der Waals surface area (Å²) in [6.45, 7) is 6.18. The number of ether oxygens (including phenoxy) is 3. The van der Waals surface area contributed by atoms with Gasteiger partial charge in [0.25, 0.3) is 5.91 Å². The first-order valence-electron chi connectivity index (χ1n) is 11.1. The number of rotatable bonds is 8. The fraction of sp³-hybridized carbons (Fsp3) is 0.455. The van der Waals surface area contributed by atoms with Gasteiger partial charge in [0, 0.05) is 31.0 Å². The summed E-state index contributed by atoms with van der Waals surface area (Å²) in [7, 11) is 0. The van der Waals surface area contributed by atoms with Gasteiger partial charge in [0.1, 0.15) is 5.82 Å². The minimum Gasteiger partial charge on any atom is -0.454 e. The van der Waals surface area contributed by atoms with Crippen molar-refractivity contribution in [1.82, 2.24) is 25.1 Å². The summed E-state index contributed by atoms with van der Waals surface area (Å²) < 4.78 is 18.0. The zero-order chi connectivity index (χ0) is 22.6. The van der Waals surface area contributed by atoms with Crippen molar-refractivity contribution in [2.24, 2.45) is 0 Å². The molecule has 10 nitrogen and oxygen atoms in total. The Morgan fingerprint density at radius 2 is 2.03 bits per heavy atom. The lowest BCUT2D eigenvalue weighted by atomic mass is 10.2. The molecule has 0 spiro atoms. The highest BCUT2D eigenvalue weighted by atomic mass is 32.2. The number of carbonyl (C=O) groups is 1. The van der Waals surface area contributed by atoms with Gasteiger partial charge in [-0.05, 0) is 24.6 Å². The largest absolute Gasteiger partial charge is 0.454 e. The number of nitrogens with zero attached hydrogens (tertiary/aromatic N) is 5. The number of aromatic nitrogens is 4. The minimum atomic E-state index is -0.174. The summed E-state index contributed by atoms with van der Waals surface area (Å²) >= 11 is 1.65. The van der Waals surface area contributed by atoms with Crippen LogP contribution in [-0.4, -0.2) is 71.0 Å². The lowest BCUT2D eigenvalue weighted by Gasteiger charge is -2.28.